The number of carboxylic acids is 1. The van der Waals surface area contributed by atoms with Gasteiger partial charge in [0.2, 0.25) is 0 Å². The average Bonchev–Trinajstić information content (AvgIpc) is 2.18. The molecule has 0 aromatic rings. The number of alkyl halides is 3. The van der Waals surface area contributed by atoms with Crippen molar-refractivity contribution in [1.29, 1.82) is 0 Å². The highest BCUT2D eigenvalue weighted by Crippen LogP contribution is 2.18. The third-order valence-electron chi connectivity index (χ3n) is 2.33. The van der Waals surface area contributed by atoms with Crippen LogP contribution in [0.5, 0.6) is 0 Å². The maximum atomic E-state index is 10.8. The van der Waals surface area contributed by atoms with E-state index in [2.05, 4.69) is 5.32 Å². The van der Waals surface area contributed by atoms with Crippen molar-refractivity contribution in [2.24, 2.45) is 0 Å². The van der Waals surface area contributed by atoms with Crippen LogP contribution in [0.15, 0.2) is 0 Å². The average molecular weight is 257 g/mol. The molecular formula is C9H14F3NO4. The van der Waals surface area contributed by atoms with Crippen molar-refractivity contribution in [3.8, 4) is 0 Å². The number of carbonyl (C=O) groups excluding carboxylic acids is 1. The van der Waals surface area contributed by atoms with Crippen molar-refractivity contribution in [3.63, 3.8) is 0 Å². The molecular weight excluding hydrogens is 243 g/mol. The van der Waals surface area contributed by atoms with E-state index < -0.39 is 17.7 Å². The Morgan fingerprint density at radius 2 is 1.59 bits per heavy atom. The van der Waals surface area contributed by atoms with Gasteiger partial charge in [0.1, 0.15) is 5.60 Å². The minimum atomic E-state index is -5.08. The molecule has 3 N–H and O–H groups in total. The summed E-state index contributed by atoms with van der Waals surface area (Å²) in [6, 6.07) is 0. The predicted octanol–water partition coefficient (Wildman–Crippen LogP) is 0.323. The van der Waals surface area contributed by atoms with Crippen LogP contribution in [0, 0.1) is 0 Å². The lowest BCUT2D eigenvalue weighted by Gasteiger charge is -2.29. The lowest BCUT2D eigenvalue weighted by atomic mass is 9.89. The summed E-state index contributed by atoms with van der Waals surface area (Å²) in [7, 11) is 0. The summed E-state index contributed by atoms with van der Waals surface area (Å²) in [5.41, 5.74) is -1.02. The second-order valence-corrected chi connectivity index (χ2v) is 3.64. The van der Waals surface area contributed by atoms with E-state index in [0.29, 0.717) is 12.8 Å². The van der Waals surface area contributed by atoms with E-state index in [-0.39, 0.29) is 5.78 Å². The number of carbonyl (C=O) groups is 2. The van der Waals surface area contributed by atoms with Gasteiger partial charge in [0.25, 0.3) is 0 Å². The van der Waals surface area contributed by atoms with E-state index in [1.807, 2.05) is 0 Å². The van der Waals surface area contributed by atoms with E-state index in [9.17, 15) is 23.1 Å². The number of hydrogen-bond donors (Lipinski definition) is 3. The summed E-state index contributed by atoms with van der Waals surface area (Å²) in [5.74, 6) is -2.86. The summed E-state index contributed by atoms with van der Waals surface area (Å²) in [4.78, 5) is 19.7. The molecule has 0 aromatic heterocycles. The quantitative estimate of drug-likeness (QED) is 0.630. The molecule has 1 fully saturated rings. The van der Waals surface area contributed by atoms with E-state index in [1.165, 1.54) is 6.92 Å². The number of Topliss-reactive ketones (excluding diaryl/α,β-unsaturated/α-hetero) is 1. The van der Waals surface area contributed by atoms with Gasteiger partial charge in [-0.3, -0.25) is 4.79 Å². The Kier molecular flexibility index (Phi) is 5.56. The van der Waals surface area contributed by atoms with Gasteiger partial charge < -0.3 is 15.5 Å². The van der Waals surface area contributed by atoms with Gasteiger partial charge in [-0.1, -0.05) is 0 Å². The number of ketones is 1. The fraction of sp³-hybridized carbons (Fsp3) is 0.778. The normalized spacial score (nSPS) is 18.9. The molecule has 100 valence electrons. The minimum Gasteiger partial charge on any atom is -0.475 e. The summed E-state index contributed by atoms with van der Waals surface area (Å²) in [6.07, 6.45) is -3.97. The van der Waals surface area contributed by atoms with Gasteiger partial charge in [-0.2, -0.15) is 13.2 Å². The summed E-state index contributed by atoms with van der Waals surface area (Å²) < 4.78 is 31.7. The van der Waals surface area contributed by atoms with Crippen molar-refractivity contribution in [1.82, 2.24) is 5.32 Å². The summed E-state index contributed by atoms with van der Waals surface area (Å²) in [5, 5.41) is 19.8. The van der Waals surface area contributed by atoms with Crippen LogP contribution in [0.25, 0.3) is 0 Å². The van der Waals surface area contributed by atoms with E-state index in [1.54, 1.807) is 0 Å². The summed E-state index contributed by atoms with van der Waals surface area (Å²) in [6.45, 7) is 2.94. The van der Waals surface area contributed by atoms with Gasteiger partial charge in [0, 0.05) is 0 Å². The maximum absolute atomic E-state index is 10.8. The first-order valence-electron chi connectivity index (χ1n) is 4.84. The predicted molar refractivity (Wildman–Crippen MR) is 51.4 cm³/mol. The molecule has 0 bridgehead atoms. The van der Waals surface area contributed by atoms with Gasteiger partial charge in [-0.15, -0.1) is 0 Å². The molecule has 0 radical (unpaired) electrons. The second-order valence-electron chi connectivity index (χ2n) is 3.64. The van der Waals surface area contributed by atoms with Crippen LogP contribution in [0.1, 0.15) is 19.8 Å². The fourth-order valence-corrected chi connectivity index (χ4v) is 1.19. The number of hydrogen-bond acceptors (Lipinski definition) is 4. The molecule has 1 rings (SSSR count). The van der Waals surface area contributed by atoms with Crippen LogP contribution in [0.4, 0.5) is 13.2 Å². The van der Waals surface area contributed by atoms with Gasteiger partial charge >= 0.3 is 12.1 Å². The number of carboxylic acid groups (broad SMARTS) is 1. The van der Waals surface area contributed by atoms with Crippen molar-refractivity contribution in [3.05, 3.63) is 0 Å². The number of piperidine rings is 1. The zero-order valence-electron chi connectivity index (χ0n) is 9.17. The highest BCUT2D eigenvalue weighted by atomic mass is 19.4. The molecule has 1 heterocycles. The smallest absolute Gasteiger partial charge is 0.475 e. The van der Waals surface area contributed by atoms with Crippen LogP contribution < -0.4 is 5.32 Å². The van der Waals surface area contributed by atoms with Crippen LogP contribution in [0.2, 0.25) is 0 Å². The number of rotatable bonds is 1. The molecule has 5 nitrogen and oxygen atoms in total. The van der Waals surface area contributed by atoms with Crippen molar-refractivity contribution in [2.45, 2.75) is 31.5 Å². The lowest BCUT2D eigenvalue weighted by molar-refractivity contribution is -0.192. The van der Waals surface area contributed by atoms with Crippen LogP contribution in [-0.4, -0.2) is 46.8 Å². The van der Waals surface area contributed by atoms with E-state index in [0.717, 1.165) is 13.1 Å². The third-order valence-corrected chi connectivity index (χ3v) is 2.33. The molecule has 1 aliphatic rings. The van der Waals surface area contributed by atoms with Gasteiger partial charge in [0.15, 0.2) is 5.78 Å². The largest absolute Gasteiger partial charge is 0.490 e. The molecule has 0 unspecified atom stereocenters. The molecule has 0 aliphatic carbocycles. The topological polar surface area (TPSA) is 86.6 Å². The number of halogens is 3. The molecule has 1 aliphatic heterocycles. The van der Waals surface area contributed by atoms with Gasteiger partial charge in [-0.05, 0) is 32.9 Å². The molecule has 0 saturated carbocycles. The van der Waals surface area contributed by atoms with Gasteiger partial charge in [0.05, 0.1) is 0 Å². The molecule has 0 spiro atoms. The summed E-state index contributed by atoms with van der Waals surface area (Å²) >= 11 is 0. The Hall–Kier alpha value is -1.15. The monoisotopic (exact) mass is 257 g/mol. The second kappa shape index (κ2) is 5.97. The Bertz CT molecular complexity index is 284. The first-order valence-corrected chi connectivity index (χ1v) is 4.84. The highest BCUT2D eigenvalue weighted by molar-refractivity contribution is 5.84. The molecule has 17 heavy (non-hydrogen) atoms. The van der Waals surface area contributed by atoms with Crippen LogP contribution >= 0.6 is 0 Å². The molecule has 0 amide bonds. The maximum Gasteiger partial charge on any atom is 0.490 e. The third kappa shape index (κ3) is 5.64. The Morgan fingerprint density at radius 3 is 1.76 bits per heavy atom. The highest BCUT2D eigenvalue weighted by Gasteiger charge is 2.38. The first-order chi connectivity index (χ1) is 7.59. The SMILES string of the molecule is CC(=O)C1(O)CCNCC1.O=C(O)C(F)(F)F. The van der Waals surface area contributed by atoms with Crippen molar-refractivity contribution in [2.75, 3.05) is 13.1 Å². The van der Waals surface area contributed by atoms with E-state index in [4.69, 9.17) is 9.90 Å². The standard InChI is InChI=1S/C7H13NO2.C2HF3O2/c1-6(9)7(10)2-4-8-5-3-7;3-2(4,5)1(6)7/h8,10H,2-5H2,1H3;(H,6,7). The number of aliphatic hydroxyl groups is 1. The molecule has 1 saturated heterocycles. The Balaban J connectivity index is 0.000000325. The van der Waals surface area contributed by atoms with Crippen LogP contribution in [-0.2, 0) is 9.59 Å². The lowest BCUT2D eigenvalue weighted by Crippen LogP contribution is -2.46. The van der Waals surface area contributed by atoms with Gasteiger partial charge in [-0.25, -0.2) is 4.79 Å². The zero-order chi connectivity index (χ0) is 13.7. The number of nitrogens with one attached hydrogen (secondary N) is 1. The molecule has 0 atom stereocenters. The number of aliphatic carboxylic acids is 1. The van der Waals surface area contributed by atoms with Crippen molar-refractivity contribution < 1.29 is 33.0 Å². The molecule has 8 heteroatoms. The fourth-order valence-electron chi connectivity index (χ4n) is 1.19. The Morgan fingerprint density at radius 1 is 1.24 bits per heavy atom. The molecule has 0 aromatic carbocycles. The first kappa shape index (κ1) is 15.9. The minimum absolute atomic E-state index is 0.103. The van der Waals surface area contributed by atoms with Crippen LogP contribution in [0.3, 0.4) is 0 Å². The van der Waals surface area contributed by atoms with E-state index >= 15 is 0 Å². The zero-order valence-corrected chi connectivity index (χ0v) is 9.17. The van der Waals surface area contributed by atoms with Crippen molar-refractivity contribution >= 4 is 11.8 Å². The Labute approximate surface area is 95.6 Å².